The van der Waals surface area contributed by atoms with Gasteiger partial charge in [-0.1, -0.05) is 17.4 Å². The number of hydrogen-bond acceptors (Lipinski definition) is 6. The quantitative estimate of drug-likeness (QED) is 0.779. The first-order valence-corrected chi connectivity index (χ1v) is 8.94. The molecule has 1 aliphatic rings. The molecule has 3 heterocycles. The van der Waals surface area contributed by atoms with Crippen molar-refractivity contribution in [1.82, 2.24) is 15.2 Å². The predicted molar refractivity (Wildman–Crippen MR) is 97.4 cm³/mol. The zero-order valence-electron chi connectivity index (χ0n) is 14.0. The molecule has 25 heavy (non-hydrogen) atoms. The molecule has 0 radical (unpaired) electrons. The van der Waals surface area contributed by atoms with E-state index in [0.717, 1.165) is 27.8 Å². The highest BCUT2D eigenvalue weighted by molar-refractivity contribution is 7.19. The molecule has 1 amide bonds. The van der Waals surface area contributed by atoms with E-state index in [1.165, 1.54) is 11.3 Å². The second kappa shape index (κ2) is 6.16. The van der Waals surface area contributed by atoms with Crippen LogP contribution in [0.2, 0.25) is 0 Å². The summed E-state index contributed by atoms with van der Waals surface area (Å²) in [5, 5.41) is 12.5. The minimum Gasteiger partial charge on any atom is -0.375 e. The summed E-state index contributed by atoms with van der Waals surface area (Å²) in [6.45, 7) is 4.47. The SMILES string of the molecule is CC1(C)CC(C(=O)Nc2ncc(-c3ccc4nnccc4c3)s2)CO1. The van der Waals surface area contributed by atoms with Crippen molar-refractivity contribution in [2.75, 3.05) is 11.9 Å². The Morgan fingerprint density at radius 2 is 2.24 bits per heavy atom. The lowest BCUT2D eigenvalue weighted by Crippen LogP contribution is -2.24. The Morgan fingerprint density at radius 1 is 1.36 bits per heavy atom. The van der Waals surface area contributed by atoms with Crippen LogP contribution in [0.3, 0.4) is 0 Å². The van der Waals surface area contributed by atoms with Crippen molar-refractivity contribution in [2.45, 2.75) is 25.9 Å². The molecule has 1 fully saturated rings. The molecule has 128 valence electrons. The van der Waals surface area contributed by atoms with Crippen LogP contribution in [0.5, 0.6) is 0 Å². The van der Waals surface area contributed by atoms with Gasteiger partial charge in [0.05, 0.1) is 34.7 Å². The number of carbonyl (C=O) groups is 1. The van der Waals surface area contributed by atoms with Crippen LogP contribution in [-0.4, -0.2) is 33.3 Å². The van der Waals surface area contributed by atoms with Crippen LogP contribution < -0.4 is 5.32 Å². The van der Waals surface area contributed by atoms with Gasteiger partial charge >= 0.3 is 0 Å². The molecule has 1 aliphatic heterocycles. The average Bonchev–Trinajstić information content (AvgIpc) is 3.20. The highest BCUT2D eigenvalue weighted by Gasteiger charge is 2.36. The van der Waals surface area contributed by atoms with Crippen LogP contribution in [0.4, 0.5) is 5.13 Å². The Bertz CT molecular complexity index is 937. The van der Waals surface area contributed by atoms with E-state index in [9.17, 15) is 4.79 Å². The maximum absolute atomic E-state index is 12.4. The number of nitrogens with one attached hydrogen (secondary N) is 1. The number of fused-ring (bicyclic) bond motifs is 1. The lowest BCUT2D eigenvalue weighted by Gasteiger charge is -2.15. The molecule has 1 atom stereocenters. The monoisotopic (exact) mass is 354 g/mol. The van der Waals surface area contributed by atoms with Gasteiger partial charge in [0, 0.05) is 11.6 Å². The fourth-order valence-corrected chi connectivity index (χ4v) is 3.84. The van der Waals surface area contributed by atoms with Crippen molar-refractivity contribution >= 4 is 33.3 Å². The first-order chi connectivity index (χ1) is 12.0. The third-order valence-corrected chi connectivity index (χ3v) is 5.28. The molecule has 1 aromatic carbocycles. The Hall–Kier alpha value is -2.38. The van der Waals surface area contributed by atoms with Crippen LogP contribution in [0.25, 0.3) is 21.3 Å². The van der Waals surface area contributed by atoms with Crippen LogP contribution in [0.15, 0.2) is 36.7 Å². The fraction of sp³-hybridized carbons (Fsp3) is 0.333. The Kier molecular flexibility index (Phi) is 3.97. The minimum absolute atomic E-state index is 0.0275. The first kappa shape index (κ1) is 16.1. The molecule has 6 nitrogen and oxygen atoms in total. The summed E-state index contributed by atoms with van der Waals surface area (Å²) in [5.74, 6) is -0.151. The smallest absolute Gasteiger partial charge is 0.231 e. The Morgan fingerprint density at radius 3 is 3.04 bits per heavy atom. The third kappa shape index (κ3) is 3.38. The van der Waals surface area contributed by atoms with E-state index in [1.807, 2.05) is 32.0 Å². The topological polar surface area (TPSA) is 77.0 Å². The second-order valence-electron chi connectivity index (χ2n) is 6.80. The van der Waals surface area contributed by atoms with Gasteiger partial charge in [0.25, 0.3) is 0 Å². The van der Waals surface area contributed by atoms with E-state index in [0.29, 0.717) is 11.7 Å². The summed E-state index contributed by atoms with van der Waals surface area (Å²) in [4.78, 5) is 17.7. The van der Waals surface area contributed by atoms with E-state index in [4.69, 9.17) is 4.74 Å². The number of benzene rings is 1. The summed E-state index contributed by atoms with van der Waals surface area (Å²) in [6.07, 6.45) is 4.18. The van der Waals surface area contributed by atoms with Crippen molar-refractivity contribution < 1.29 is 9.53 Å². The number of rotatable bonds is 3. The zero-order chi connectivity index (χ0) is 17.4. The summed E-state index contributed by atoms with van der Waals surface area (Å²) in [6, 6.07) is 7.91. The minimum atomic E-state index is -0.232. The van der Waals surface area contributed by atoms with Gasteiger partial charge in [-0.15, -0.1) is 0 Å². The van der Waals surface area contributed by atoms with Gasteiger partial charge in [0.2, 0.25) is 5.91 Å². The van der Waals surface area contributed by atoms with Gasteiger partial charge in [-0.2, -0.15) is 10.2 Å². The molecule has 0 bridgehead atoms. The van der Waals surface area contributed by atoms with Gasteiger partial charge in [-0.25, -0.2) is 4.98 Å². The number of thiazole rings is 1. The molecule has 1 unspecified atom stereocenters. The third-order valence-electron chi connectivity index (χ3n) is 4.32. The number of amides is 1. The maximum Gasteiger partial charge on any atom is 0.231 e. The molecule has 0 saturated carbocycles. The molecule has 1 saturated heterocycles. The van der Waals surface area contributed by atoms with Gasteiger partial charge in [-0.05, 0) is 44.0 Å². The molecule has 4 rings (SSSR count). The zero-order valence-corrected chi connectivity index (χ0v) is 14.8. The number of hydrogen-bond donors (Lipinski definition) is 1. The second-order valence-corrected chi connectivity index (χ2v) is 7.83. The van der Waals surface area contributed by atoms with Gasteiger partial charge < -0.3 is 10.1 Å². The van der Waals surface area contributed by atoms with E-state index in [2.05, 4.69) is 26.6 Å². The molecular formula is C18H18N4O2S. The number of nitrogens with zero attached hydrogens (tertiary/aromatic N) is 3. The van der Waals surface area contributed by atoms with E-state index in [-0.39, 0.29) is 17.4 Å². The van der Waals surface area contributed by atoms with Gasteiger partial charge in [0.15, 0.2) is 5.13 Å². The van der Waals surface area contributed by atoms with Crippen molar-refractivity contribution in [3.8, 4) is 10.4 Å². The van der Waals surface area contributed by atoms with Gasteiger partial charge in [-0.3, -0.25) is 4.79 Å². The number of carbonyl (C=O) groups excluding carboxylic acids is 1. The van der Waals surface area contributed by atoms with E-state index in [1.54, 1.807) is 12.4 Å². The number of anilines is 1. The molecule has 3 aromatic rings. The molecular weight excluding hydrogens is 336 g/mol. The standard InChI is InChI=1S/C18H18N4O2S/c1-18(2)8-13(10-24-18)16(23)21-17-19-9-15(25-17)12-3-4-14-11(7-12)5-6-20-22-14/h3-7,9,13H,8,10H2,1-2H3,(H,19,21,23). The van der Waals surface area contributed by atoms with Crippen molar-refractivity contribution in [1.29, 1.82) is 0 Å². The number of aromatic nitrogens is 3. The molecule has 0 aliphatic carbocycles. The Labute approximate surface area is 149 Å². The van der Waals surface area contributed by atoms with Crippen LogP contribution in [0, 0.1) is 5.92 Å². The number of ether oxygens (including phenoxy) is 1. The van der Waals surface area contributed by atoms with Gasteiger partial charge in [0.1, 0.15) is 0 Å². The van der Waals surface area contributed by atoms with E-state index < -0.39 is 0 Å². The summed E-state index contributed by atoms with van der Waals surface area (Å²) >= 11 is 1.46. The first-order valence-electron chi connectivity index (χ1n) is 8.13. The summed E-state index contributed by atoms with van der Waals surface area (Å²) in [5.41, 5.74) is 1.67. The highest BCUT2D eigenvalue weighted by Crippen LogP contribution is 2.33. The fourth-order valence-electron chi connectivity index (χ4n) is 3.02. The normalized spacial score (nSPS) is 19.2. The van der Waals surface area contributed by atoms with Crippen molar-refractivity contribution in [2.24, 2.45) is 5.92 Å². The van der Waals surface area contributed by atoms with Crippen LogP contribution >= 0.6 is 11.3 Å². The maximum atomic E-state index is 12.4. The van der Waals surface area contributed by atoms with Crippen LogP contribution in [-0.2, 0) is 9.53 Å². The average molecular weight is 354 g/mol. The van der Waals surface area contributed by atoms with Crippen molar-refractivity contribution in [3.63, 3.8) is 0 Å². The molecule has 2 aromatic heterocycles. The lowest BCUT2D eigenvalue weighted by molar-refractivity contribution is -0.119. The lowest BCUT2D eigenvalue weighted by atomic mass is 9.97. The Balaban J connectivity index is 1.50. The van der Waals surface area contributed by atoms with Crippen LogP contribution in [0.1, 0.15) is 20.3 Å². The predicted octanol–water partition coefficient (Wildman–Crippen LogP) is 3.51. The molecule has 7 heteroatoms. The van der Waals surface area contributed by atoms with E-state index >= 15 is 0 Å². The largest absolute Gasteiger partial charge is 0.375 e. The highest BCUT2D eigenvalue weighted by atomic mass is 32.1. The molecule has 1 N–H and O–H groups in total. The van der Waals surface area contributed by atoms with Crippen molar-refractivity contribution in [3.05, 3.63) is 36.7 Å². The molecule has 0 spiro atoms. The summed E-state index contributed by atoms with van der Waals surface area (Å²) < 4.78 is 5.64. The summed E-state index contributed by atoms with van der Waals surface area (Å²) in [7, 11) is 0.